The van der Waals surface area contributed by atoms with E-state index in [-0.39, 0.29) is 12.5 Å². The van der Waals surface area contributed by atoms with Gasteiger partial charge in [-0.15, -0.1) is 0 Å². The first-order valence-electron chi connectivity index (χ1n) is 6.71. The van der Waals surface area contributed by atoms with E-state index in [1.165, 1.54) is 0 Å². The Balaban J connectivity index is 1.93. The van der Waals surface area contributed by atoms with Crippen molar-refractivity contribution in [1.29, 1.82) is 0 Å². The highest BCUT2D eigenvalue weighted by molar-refractivity contribution is 5.80. The van der Waals surface area contributed by atoms with Crippen molar-refractivity contribution in [2.75, 3.05) is 20.1 Å². The summed E-state index contributed by atoms with van der Waals surface area (Å²) in [5, 5.41) is 9.23. The smallest absolute Gasteiger partial charge is 0.320 e. The molecule has 5 nitrogen and oxygen atoms in total. The van der Waals surface area contributed by atoms with Gasteiger partial charge in [0, 0.05) is 13.1 Å². The molecule has 5 heteroatoms. The molecule has 1 aliphatic carbocycles. The van der Waals surface area contributed by atoms with E-state index in [9.17, 15) is 14.7 Å². The number of likely N-dealkylation sites (tertiary alicyclic amines) is 1. The van der Waals surface area contributed by atoms with Crippen LogP contribution in [0, 0.1) is 5.92 Å². The molecule has 1 aliphatic heterocycles. The summed E-state index contributed by atoms with van der Waals surface area (Å²) in [6.45, 7) is 3.03. The van der Waals surface area contributed by atoms with Crippen LogP contribution >= 0.6 is 0 Å². The molecular formula is C13H22N2O3. The second-order valence-electron chi connectivity index (χ2n) is 5.69. The fraction of sp³-hybridized carbons (Fsp3) is 0.846. The Hall–Kier alpha value is -1.10. The van der Waals surface area contributed by atoms with Crippen LogP contribution in [0.2, 0.25) is 0 Å². The lowest BCUT2D eigenvalue weighted by Gasteiger charge is -2.36. The molecule has 1 saturated carbocycles. The average Bonchev–Trinajstić information content (AvgIpc) is 3.14. The summed E-state index contributed by atoms with van der Waals surface area (Å²) in [6.07, 6.45) is 3.79. The topological polar surface area (TPSA) is 60.9 Å². The minimum atomic E-state index is -0.802. The number of carbonyl (C=O) groups is 2. The van der Waals surface area contributed by atoms with Crippen molar-refractivity contribution >= 4 is 11.9 Å². The lowest BCUT2D eigenvalue weighted by atomic mass is 9.92. The Kier molecular flexibility index (Phi) is 3.90. The van der Waals surface area contributed by atoms with Gasteiger partial charge in [0.05, 0.1) is 6.54 Å². The minimum absolute atomic E-state index is 0.0540. The lowest BCUT2D eigenvalue weighted by Crippen LogP contribution is -2.51. The van der Waals surface area contributed by atoms with Crippen LogP contribution in [-0.2, 0) is 9.59 Å². The molecular weight excluding hydrogens is 232 g/mol. The number of carboxylic acids is 1. The number of rotatable bonds is 4. The number of aliphatic carboxylic acids is 1. The summed E-state index contributed by atoms with van der Waals surface area (Å²) < 4.78 is 0. The molecule has 2 unspecified atom stereocenters. The van der Waals surface area contributed by atoms with Crippen molar-refractivity contribution in [3.8, 4) is 0 Å². The first-order valence-corrected chi connectivity index (χ1v) is 6.71. The number of carbonyl (C=O) groups excluding carboxylic acids is 1. The monoisotopic (exact) mass is 254 g/mol. The van der Waals surface area contributed by atoms with E-state index in [2.05, 4.69) is 6.92 Å². The number of carboxylic acid groups (broad SMARTS) is 1. The molecule has 2 aliphatic rings. The normalized spacial score (nSPS) is 29.0. The molecule has 0 radical (unpaired) electrons. The Morgan fingerprint density at radius 2 is 2.00 bits per heavy atom. The molecule has 18 heavy (non-hydrogen) atoms. The number of nitrogens with zero attached hydrogens (tertiary/aromatic N) is 2. The van der Waals surface area contributed by atoms with Crippen molar-refractivity contribution in [2.45, 2.75) is 44.7 Å². The van der Waals surface area contributed by atoms with Gasteiger partial charge in [-0.2, -0.15) is 0 Å². The zero-order valence-electron chi connectivity index (χ0n) is 11.1. The van der Waals surface area contributed by atoms with Gasteiger partial charge < -0.3 is 10.0 Å². The number of likely N-dealkylation sites (N-methyl/N-ethyl adjacent to an activating group) is 1. The van der Waals surface area contributed by atoms with Crippen molar-refractivity contribution in [1.82, 2.24) is 9.80 Å². The maximum absolute atomic E-state index is 12.0. The van der Waals surface area contributed by atoms with Crippen LogP contribution in [-0.4, -0.2) is 59.0 Å². The van der Waals surface area contributed by atoms with E-state index >= 15 is 0 Å². The Morgan fingerprint density at radius 3 is 2.56 bits per heavy atom. The van der Waals surface area contributed by atoms with Crippen LogP contribution in [0.15, 0.2) is 0 Å². The molecule has 0 aromatic carbocycles. The molecule has 2 fully saturated rings. The van der Waals surface area contributed by atoms with Crippen molar-refractivity contribution in [3.63, 3.8) is 0 Å². The predicted molar refractivity (Wildman–Crippen MR) is 67.2 cm³/mol. The van der Waals surface area contributed by atoms with E-state index < -0.39 is 12.0 Å². The third kappa shape index (κ3) is 3.02. The van der Waals surface area contributed by atoms with Crippen molar-refractivity contribution in [3.05, 3.63) is 0 Å². The van der Waals surface area contributed by atoms with Crippen LogP contribution in [0.1, 0.15) is 32.6 Å². The van der Waals surface area contributed by atoms with E-state index in [1.54, 1.807) is 4.90 Å². The average molecular weight is 254 g/mol. The van der Waals surface area contributed by atoms with E-state index in [0.29, 0.717) is 24.9 Å². The van der Waals surface area contributed by atoms with E-state index in [0.717, 1.165) is 19.3 Å². The van der Waals surface area contributed by atoms with Crippen LogP contribution in [0.25, 0.3) is 0 Å². The summed E-state index contributed by atoms with van der Waals surface area (Å²) in [6, 6.07) is -0.102. The van der Waals surface area contributed by atoms with E-state index in [4.69, 9.17) is 0 Å². The first-order chi connectivity index (χ1) is 8.49. The minimum Gasteiger partial charge on any atom is -0.480 e. The third-order valence-corrected chi connectivity index (χ3v) is 4.09. The predicted octanol–water partition coefficient (Wildman–Crippen LogP) is 0.792. The molecule has 1 saturated heterocycles. The molecule has 1 heterocycles. The van der Waals surface area contributed by atoms with Gasteiger partial charge in [0.15, 0.2) is 0 Å². The highest BCUT2D eigenvalue weighted by Crippen LogP contribution is 2.26. The molecule has 0 bridgehead atoms. The van der Waals surface area contributed by atoms with Crippen molar-refractivity contribution in [2.24, 2.45) is 5.92 Å². The van der Waals surface area contributed by atoms with Gasteiger partial charge in [0.25, 0.3) is 0 Å². The summed E-state index contributed by atoms with van der Waals surface area (Å²) >= 11 is 0. The van der Waals surface area contributed by atoms with E-state index in [1.807, 2.05) is 11.9 Å². The van der Waals surface area contributed by atoms with Gasteiger partial charge in [0.1, 0.15) is 6.04 Å². The number of hydrogen-bond acceptors (Lipinski definition) is 3. The maximum Gasteiger partial charge on any atom is 0.320 e. The molecule has 1 N–H and O–H groups in total. The fourth-order valence-corrected chi connectivity index (χ4v) is 2.59. The second-order valence-corrected chi connectivity index (χ2v) is 5.69. The number of amides is 1. The zero-order valence-corrected chi connectivity index (χ0v) is 11.1. The first kappa shape index (κ1) is 13.3. The summed E-state index contributed by atoms with van der Waals surface area (Å²) in [5.41, 5.74) is 0. The highest BCUT2D eigenvalue weighted by Gasteiger charge is 2.35. The Labute approximate surface area is 108 Å². The molecule has 1 amide bonds. The summed E-state index contributed by atoms with van der Waals surface area (Å²) in [4.78, 5) is 26.9. The van der Waals surface area contributed by atoms with Gasteiger partial charge in [-0.1, -0.05) is 6.92 Å². The number of piperidine rings is 1. The molecule has 2 rings (SSSR count). The fourth-order valence-electron chi connectivity index (χ4n) is 2.59. The molecule has 102 valence electrons. The summed E-state index contributed by atoms with van der Waals surface area (Å²) in [7, 11) is 1.82. The Bertz CT molecular complexity index is 341. The largest absolute Gasteiger partial charge is 0.480 e. The maximum atomic E-state index is 12.0. The molecule has 0 aromatic heterocycles. The zero-order chi connectivity index (χ0) is 13.3. The van der Waals surface area contributed by atoms with Crippen molar-refractivity contribution < 1.29 is 14.7 Å². The van der Waals surface area contributed by atoms with Gasteiger partial charge in [-0.3, -0.25) is 14.5 Å². The second kappa shape index (κ2) is 5.26. The molecule has 2 atom stereocenters. The summed E-state index contributed by atoms with van der Waals surface area (Å²) in [5.74, 6) is -0.319. The molecule has 0 spiro atoms. The quantitative estimate of drug-likeness (QED) is 0.806. The Morgan fingerprint density at radius 1 is 1.33 bits per heavy atom. The highest BCUT2D eigenvalue weighted by atomic mass is 16.4. The van der Waals surface area contributed by atoms with Gasteiger partial charge >= 0.3 is 5.97 Å². The lowest BCUT2D eigenvalue weighted by molar-refractivity contribution is -0.147. The van der Waals surface area contributed by atoms with Gasteiger partial charge in [-0.05, 0) is 38.1 Å². The van der Waals surface area contributed by atoms with Crippen LogP contribution < -0.4 is 0 Å². The standard InChI is InChI=1S/C13H22N2O3/c1-9-5-6-15(11(7-9)13(17)18)8-12(16)14(2)10-3-4-10/h9-11H,3-8H2,1-2H3,(H,17,18). The van der Waals surface area contributed by atoms with Crippen LogP contribution in [0.3, 0.4) is 0 Å². The van der Waals surface area contributed by atoms with Gasteiger partial charge in [-0.25, -0.2) is 0 Å². The number of hydrogen-bond donors (Lipinski definition) is 1. The molecule has 0 aromatic rings. The van der Waals surface area contributed by atoms with Gasteiger partial charge in [0.2, 0.25) is 5.91 Å². The van der Waals surface area contributed by atoms with Crippen LogP contribution in [0.5, 0.6) is 0 Å². The SMILES string of the molecule is CC1CCN(CC(=O)N(C)C2CC2)C(C(=O)O)C1. The van der Waals surface area contributed by atoms with Crippen LogP contribution in [0.4, 0.5) is 0 Å². The third-order valence-electron chi connectivity index (χ3n) is 4.09.